The van der Waals surface area contributed by atoms with Crippen molar-refractivity contribution < 1.29 is 19.1 Å². The molecule has 1 aromatic heterocycles. The van der Waals surface area contributed by atoms with E-state index in [-0.39, 0.29) is 31.0 Å². The molecular formula is C21H27ClN4O4. The van der Waals surface area contributed by atoms with Crippen LogP contribution in [0.15, 0.2) is 30.6 Å². The molecule has 2 aliphatic heterocycles. The molecule has 0 saturated carbocycles. The van der Waals surface area contributed by atoms with E-state index in [4.69, 9.17) is 15.2 Å². The Labute approximate surface area is 181 Å². The molecule has 2 aromatic rings. The van der Waals surface area contributed by atoms with Crippen LogP contribution in [0.4, 0.5) is 5.69 Å². The molecule has 2 N–H and O–H groups in total. The van der Waals surface area contributed by atoms with E-state index in [1.54, 1.807) is 17.2 Å². The van der Waals surface area contributed by atoms with Crippen molar-refractivity contribution in [1.82, 2.24) is 9.88 Å². The number of benzene rings is 1. The van der Waals surface area contributed by atoms with Gasteiger partial charge >= 0.3 is 0 Å². The first-order valence-corrected chi connectivity index (χ1v) is 10.0. The van der Waals surface area contributed by atoms with Crippen molar-refractivity contribution in [3.05, 3.63) is 36.2 Å². The summed E-state index contributed by atoms with van der Waals surface area (Å²) >= 11 is 0. The second-order valence-corrected chi connectivity index (χ2v) is 7.45. The zero-order valence-electron chi connectivity index (χ0n) is 16.8. The maximum Gasteiger partial charge on any atom is 0.248 e. The first kappa shape index (κ1) is 22.3. The molecule has 0 radical (unpaired) electrons. The molecule has 1 aromatic carbocycles. The molecule has 0 unspecified atom stereocenters. The smallest absolute Gasteiger partial charge is 0.248 e. The van der Waals surface area contributed by atoms with Crippen molar-refractivity contribution in [3.63, 3.8) is 0 Å². The van der Waals surface area contributed by atoms with Crippen molar-refractivity contribution in [2.24, 2.45) is 5.73 Å². The average molecular weight is 435 g/mol. The van der Waals surface area contributed by atoms with Gasteiger partial charge in [-0.05, 0) is 25.0 Å². The molecule has 0 bridgehead atoms. The van der Waals surface area contributed by atoms with Gasteiger partial charge in [-0.15, -0.1) is 12.4 Å². The van der Waals surface area contributed by atoms with Gasteiger partial charge in [-0.1, -0.05) is 6.07 Å². The largest absolute Gasteiger partial charge is 0.378 e. The lowest BCUT2D eigenvalue weighted by Gasteiger charge is -2.34. The standard InChI is InChI=1S/C21H26N4O4.ClH/c22-21(27)15-1-2-16-12-23-13-19(18(16)11-15)24-5-3-17(4-6-24)29-14-20(26)25-7-9-28-10-8-25;/h1-2,11-13,17H,3-10,14H2,(H2,22,27);1H. The van der Waals surface area contributed by atoms with E-state index in [1.165, 1.54) is 0 Å². The molecule has 0 spiro atoms. The first-order chi connectivity index (χ1) is 14.1. The van der Waals surface area contributed by atoms with Crippen LogP contribution < -0.4 is 10.6 Å². The predicted molar refractivity (Wildman–Crippen MR) is 116 cm³/mol. The molecule has 3 heterocycles. The Balaban J connectivity index is 0.00000256. The topological polar surface area (TPSA) is 98.0 Å². The summed E-state index contributed by atoms with van der Waals surface area (Å²) < 4.78 is 11.2. The zero-order valence-corrected chi connectivity index (χ0v) is 17.6. The number of nitrogens with zero attached hydrogens (tertiary/aromatic N) is 3. The number of pyridine rings is 1. The number of aromatic nitrogens is 1. The van der Waals surface area contributed by atoms with Crippen LogP contribution in [0.5, 0.6) is 0 Å². The van der Waals surface area contributed by atoms with E-state index in [0.717, 1.165) is 42.4 Å². The van der Waals surface area contributed by atoms with Crippen LogP contribution in [-0.4, -0.2) is 73.8 Å². The highest BCUT2D eigenvalue weighted by Crippen LogP contribution is 2.29. The van der Waals surface area contributed by atoms with E-state index in [2.05, 4.69) is 9.88 Å². The minimum absolute atomic E-state index is 0. The Morgan fingerprint density at radius 3 is 2.57 bits per heavy atom. The van der Waals surface area contributed by atoms with Crippen LogP contribution in [0, 0.1) is 0 Å². The number of piperidine rings is 1. The number of morpholine rings is 1. The summed E-state index contributed by atoms with van der Waals surface area (Å²) in [5.41, 5.74) is 6.92. The molecule has 2 aliphatic rings. The average Bonchev–Trinajstić information content (AvgIpc) is 2.77. The summed E-state index contributed by atoms with van der Waals surface area (Å²) in [6.07, 6.45) is 5.36. The monoisotopic (exact) mass is 434 g/mol. The van der Waals surface area contributed by atoms with Gasteiger partial charge in [0.05, 0.1) is 31.2 Å². The highest BCUT2D eigenvalue weighted by Gasteiger charge is 2.24. The number of hydrogen-bond acceptors (Lipinski definition) is 6. The third-order valence-electron chi connectivity index (χ3n) is 5.61. The van der Waals surface area contributed by atoms with Gasteiger partial charge in [-0.25, -0.2) is 0 Å². The van der Waals surface area contributed by atoms with Crippen LogP contribution in [0.3, 0.4) is 0 Å². The number of ether oxygens (including phenoxy) is 2. The normalized spacial score (nSPS) is 17.6. The molecule has 162 valence electrons. The number of fused-ring (bicyclic) bond motifs is 1. The van der Waals surface area contributed by atoms with Crippen LogP contribution in [0.1, 0.15) is 23.2 Å². The van der Waals surface area contributed by atoms with Gasteiger partial charge in [0.25, 0.3) is 0 Å². The summed E-state index contributed by atoms with van der Waals surface area (Å²) in [5.74, 6) is -0.403. The Hall–Kier alpha value is -2.42. The number of nitrogens with two attached hydrogens (primary N) is 1. The fraction of sp³-hybridized carbons (Fsp3) is 0.476. The molecule has 8 nitrogen and oxygen atoms in total. The molecule has 0 aliphatic carbocycles. The second-order valence-electron chi connectivity index (χ2n) is 7.45. The Morgan fingerprint density at radius 2 is 1.87 bits per heavy atom. The number of hydrogen-bond donors (Lipinski definition) is 1. The molecule has 0 atom stereocenters. The predicted octanol–water partition coefficient (Wildman–Crippen LogP) is 1.60. The van der Waals surface area contributed by atoms with Gasteiger partial charge in [-0.3, -0.25) is 14.6 Å². The van der Waals surface area contributed by atoms with E-state index >= 15 is 0 Å². The summed E-state index contributed by atoms with van der Waals surface area (Å²) in [6.45, 7) is 4.21. The zero-order chi connectivity index (χ0) is 20.2. The van der Waals surface area contributed by atoms with Crippen molar-refractivity contribution in [2.75, 3.05) is 50.9 Å². The first-order valence-electron chi connectivity index (χ1n) is 10.0. The number of carbonyl (C=O) groups is 2. The number of carbonyl (C=O) groups excluding carboxylic acids is 2. The third kappa shape index (κ3) is 5.00. The number of anilines is 1. The highest BCUT2D eigenvalue weighted by atomic mass is 35.5. The maximum absolute atomic E-state index is 12.2. The second kappa shape index (κ2) is 10.1. The van der Waals surface area contributed by atoms with Gasteiger partial charge in [-0.2, -0.15) is 0 Å². The van der Waals surface area contributed by atoms with Crippen molar-refractivity contribution >= 4 is 40.7 Å². The Bertz CT molecular complexity index is 896. The highest BCUT2D eigenvalue weighted by molar-refractivity contribution is 6.01. The third-order valence-corrected chi connectivity index (χ3v) is 5.61. The molecule has 9 heteroatoms. The van der Waals surface area contributed by atoms with E-state index in [0.29, 0.717) is 31.9 Å². The van der Waals surface area contributed by atoms with Gasteiger partial charge in [0.15, 0.2) is 0 Å². The quantitative estimate of drug-likeness (QED) is 0.767. The van der Waals surface area contributed by atoms with Crippen LogP contribution in [-0.2, 0) is 14.3 Å². The van der Waals surface area contributed by atoms with Gasteiger partial charge in [0, 0.05) is 48.7 Å². The molecule has 4 rings (SSSR count). The molecular weight excluding hydrogens is 408 g/mol. The fourth-order valence-electron chi connectivity index (χ4n) is 3.91. The lowest BCUT2D eigenvalue weighted by atomic mass is 10.0. The molecule has 2 fully saturated rings. The summed E-state index contributed by atoms with van der Waals surface area (Å²) in [6, 6.07) is 5.43. The fourth-order valence-corrected chi connectivity index (χ4v) is 3.91. The van der Waals surface area contributed by atoms with E-state index in [9.17, 15) is 9.59 Å². The van der Waals surface area contributed by atoms with Gasteiger partial charge in [0.2, 0.25) is 11.8 Å². The summed E-state index contributed by atoms with van der Waals surface area (Å²) in [4.78, 5) is 32.2. The summed E-state index contributed by atoms with van der Waals surface area (Å²) in [7, 11) is 0. The molecule has 2 amide bonds. The van der Waals surface area contributed by atoms with Gasteiger partial charge < -0.3 is 25.0 Å². The summed E-state index contributed by atoms with van der Waals surface area (Å²) in [5, 5.41) is 1.94. The number of amides is 2. The Morgan fingerprint density at radius 1 is 1.13 bits per heavy atom. The number of halogens is 1. The van der Waals surface area contributed by atoms with Crippen molar-refractivity contribution in [2.45, 2.75) is 18.9 Å². The van der Waals surface area contributed by atoms with Crippen LogP contribution in [0.2, 0.25) is 0 Å². The van der Waals surface area contributed by atoms with Crippen LogP contribution >= 0.6 is 12.4 Å². The number of primary amides is 1. The number of rotatable bonds is 5. The van der Waals surface area contributed by atoms with Gasteiger partial charge in [0.1, 0.15) is 6.61 Å². The van der Waals surface area contributed by atoms with Crippen molar-refractivity contribution in [1.29, 1.82) is 0 Å². The SMILES string of the molecule is Cl.NC(=O)c1ccc2cncc(N3CCC(OCC(=O)N4CCOCC4)CC3)c2c1. The van der Waals surface area contributed by atoms with E-state index < -0.39 is 5.91 Å². The maximum atomic E-state index is 12.2. The van der Waals surface area contributed by atoms with E-state index in [1.807, 2.05) is 18.3 Å². The lowest BCUT2D eigenvalue weighted by molar-refractivity contribution is -0.142. The Kier molecular flexibility index (Phi) is 7.47. The van der Waals surface area contributed by atoms with Crippen molar-refractivity contribution in [3.8, 4) is 0 Å². The molecule has 2 saturated heterocycles. The molecule has 30 heavy (non-hydrogen) atoms. The lowest BCUT2D eigenvalue weighted by Crippen LogP contribution is -2.44. The van der Waals surface area contributed by atoms with Crippen LogP contribution in [0.25, 0.3) is 10.8 Å². The minimum atomic E-state index is -0.438. The minimum Gasteiger partial charge on any atom is -0.378 e.